The first kappa shape index (κ1) is 8.26. The second-order valence-corrected chi connectivity index (χ2v) is 3.32. The minimum absolute atomic E-state index is 0.417. The molecule has 0 aromatic carbocycles. The Morgan fingerprint density at radius 2 is 2.46 bits per heavy atom. The molecule has 0 radical (unpaired) electrons. The van der Waals surface area contributed by atoms with Gasteiger partial charge in [-0.1, -0.05) is 6.92 Å². The lowest BCUT2D eigenvalue weighted by molar-refractivity contribution is 0.773. The Bertz CT molecular complexity index is 405. The van der Waals surface area contributed by atoms with Gasteiger partial charge in [0, 0.05) is 6.20 Å². The highest BCUT2D eigenvalue weighted by Gasteiger charge is 2.03. The minimum atomic E-state index is 0.417. The van der Waals surface area contributed by atoms with E-state index >= 15 is 0 Å². The molecule has 3 nitrogen and oxygen atoms in total. The fourth-order valence-electron chi connectivity index (χ4n) is 1.38. The molecular weight excluding hydrogens is 162 g/mol. The highest BCUT2D eigenvalue weighted by molar-refractivity contribution is 5.47. The molecule has 1 atom stereocenters. The van der Waals surface area contributed by atoms with Crippen LogP contribution in [0.15, 0.2) is 30.9 Å². The van der Waals surface area contributed by atoms with Gasteiger partial charge in [-0.25, -0.2) is 4.98 Å². The second-order valence-electron chi connectivity index (χ2n) is 3.32. The van der Waals surface area contributed by atoms with Crippen molar-refractivity contribution >= 4 is 5.52 Å². The normalized spacial score (nSPS) is 13.4. The maximum Gasteiger partial charge on any atom is 0.0991 e. The lowest BCUT2D eigenvalue weighted by Crippen LogP contribution is -2.08. The van der Waals surface area contributed by atoms with Gasteiger partial charge in [-0.2, -0.15) is 0 Å². The molecule has 13 heavy (non-hydrogen) atoms. The summed E-state index contributed by atoms with van der Waals surface area (Å²) in [7, 11) is 0. The zero-order valence-corrected chi connectivity index (χ0v) is 7.64. The predicted octanol–water partition coefficient (Wildman–Crippen LogP) is 1.40. The van der Waals surface area contributed by atoms with Crippen molar-refractivity contribution in [1.82, 2.24) is 9.38 Å². The predicted molar refractivity (Wildman–Crippen MR) is 52.7 cm³/mol. The Kier molecular flexibility index (Phi) is 2.02. The molecule has 0 aliphatic rings. The summed E-state index contributed by atoms with van der Waals surface area (Å²) in [6.45, 7) is 2.81. The van der Waals surface area contributed by atoms with Gasteiger partial charge in [0.2, 0.25) is 0 Å². The molecule has 68 valence electrons. The summed E-state index contributed by atoms with van der Waals surface area (Å²) in [5.41, 5.74) is 8.00. The summed E-state index contributed by atoms with van der Waals surface area (Å²) < 4.78 is 1.99. The Balaban J connectivity index is 2.48. The van der Waals surface area contributed by atoms with Gasteiger partial charge in [-0.15, -0.1) is 0 Å². The van der Waals surface area contributed by atoms with E-state index in [0.717, 1.165) is 5.52 Å². The van der Waals surface area contributed by atoms with E-state index in [1.54, 1.807) is 6.33 Å². The van der Waals surface area contributed by atoms with Gasteiger partial charge in [0.1, 0.15) is 0 Å². The van der Waals surface area contributed by atoms with Gasteiger partial charge in [0.15, 0.2) is 0 Å². The van der Waals surface area contributed by atoms with Gasteiger partial charge in [0.25, 0.3) is 0 Å². The van der Waals surface area contributed by atoms with Gasteiger partial charge >= 0.3 is 0 Å². The smallest absolute Gasteiger partial charge is 0.0991 e. The summed E-state index contributed by atoms with van der Waals surface area (Å²) >= 11 is 0. The SMILES string of the molecule is CC(CN)c1ccn2cncc2c1. The molecule has 0 fully saturated rings. The van der Waals surface area contributed by atoms with Crippen LogP contribution in [0.3, 0.4) is 0 Å². The van der Waals surface area contributed by atoms with Crippen molar-refractivity contribution in [2.75, 3.05) is 6.54 Å². The van der Waals surface area contributed by atoms with E-state index in [-0.39, 0.29) is 0 Å². The van der Waals surface area contributed by atoms with Gasteiger partial charge in [0.05, 0.1) is 18.0 Å². The molecule has 0 aliphatic carbocycles. The summed E-state index contributed by atoms with van der Waals surface area (Å²) in [5.74, 6) is 0.417. The van der Waals surface area contributed by atoms with E-state index < -0.39 is 0 Å². The van der Waals surface area contributed by atoms with E-state index in [4.69, 9.17) is 5.73 Å². The number of hydrogen-bond acceptors (Lipinski definition) is 2. The number of imidazole rings is 1. The van der Waals surface area contributed by atoms with Crippen LogP contribution in [-0.4, -0.2) is 15.9 Å². The zero-order valence-electron chi connectivity index (χ0n) is 7.64. The van der Waals surface area contributed by atoms with Crippen LogP contribution >= 0.6 is 0 Å². The van der Waals surface area contributed by atoms with E-state index in [9.17, 15) is 0 Å². The van der Waals surface area contributed by atoms with Crippen LogP contribution in [-0.2, 0) is 0 Å². The molecule has 0 saturated carbocycles. The summed E-state index contributed by atoms with van der Waals surface area (Å²) in [4.78, 5) is 4.06. The molecular formula is C10H13N3. The van der Waals surface area contributed by atoms with Crippen LogP contribution in [0.4, 0.5) is 0 Å². The summed E-state index contributed by atoms with van der Waals surface area (Å²) in [5, 5.41) is 0. The van der Waals surface area contributed by atoms with E-state index in [0.29, 0.717) is 12.5 Å². The van der Waals surface area contributed by atoms with E-state index in [1.165, 1.54) is 5.56 Å². The van der Waals surface area contributed by atoms with E-state index in [1.807, 2.05) is 16.8 Å². The third-order valence-electron chi connectivity index (χ3n) is 2.36. The number of nitrogens with zero attached hydrogens (tertiary/aromatic N) is 2. The monoisotopic (exact) mass is 175 g/mol. The van der Waals surface area contributed by atoms with Crippen molar-refractivity contribution in [1.29, 1.82) is 0 Å². The molecule has 2 aromatic heterocycles. The third-order valence-corrected chi connectivity index (χ3v) is 2.36. The van der Waals surface area contributed by atoms with Crippen LogP contribution in [0.5, 0.6) is 0 Å². The van der Waals surface area contributed by atoms with Crippen molar-refractivity contribution in [2.24, 2.45) is 5.73 Å². The Hall–Kier alpha value is -1.35. The van der Waals surface area contributed by atoms with Crippen molar-refractivity contribution < 1.29 is 0 Å². The Morgan fingerprint density at radius 1 is 1.62 bits per heavy atom. The molecule has 0 aliphatic heterocycles. The van der Waals surface area contributed by atoms with Crippen LogP contribution in [0, 0.1) is 0 Å². The first-order valence-electron chi connectivity index (χ1n) is 4.43. The molecule has 2 rings (SSSR count). The van der Waals surface area contributed by atoms with Crippen molar-refractivity contribution in [3.63, 3.8) is 0 Å². The Morgan fingerprint density at radius 3 is 3.23 bits per heavy atom. The summed E-state index contributed by atoms with van der Waals surface area (Å²) in [6, 6.07) is 4.22. The number of pyridine rings is 1. The van der Waals surface area contributed by atoms with E-state index in [2.05, 4.69) is 24.0 Å². The van der Waals surface area contributed by atoms with Gasteiger partial charge in [-0.05, 0) is 30.2 Å². The summed E-state index contributed by atoms with van der Waals surface area (Å²) in [6.07, 6.45) is 5.67. The minimum Gasteiger partial charge on any atom is -0.330 e. The lowest BCUT2D eigenvalue weighted by atomic mass is 10.0. The van der Waals surface area contributed by atoms with Crippen molar-refractivity contribution in [3.8, 4) is 0 Å². The lowest BCUT2D eigenvalue weighted by Gasteiger charge is -2.08. The largest absolute Gasteiger partial charge is 0.330 e. The van der Waals surface area contributed by atoms with Crippen LogP contribution in [0.1, 0.15) is 18.4 Å². The molecule has 2 aromatic rings. The van der Waals surface area contributed by atoms with Crippen molar-refractivity contribution in [2.45, 2.75) is 12.8 Å². The van der Waals surface area contributed by atoms with Crippen LogP contribution < -0.4 is 5.73 Å². The maximum atomic E-state index is 5.60. The molecule has 2 N–H and O–H groups in total. The zero-order chi connectivity index (χ0) is 9.26. The van der Waals surface area contributed by atoms with Gasteiger partial charge < -0.3 is 10.1 Å². The highest BCUT2D eigenvalue weighted by atomic mass is 15.0. The highest BCUT2D eigenvalue weighted by Crippen LogP contribution is 2.15. The molecule has 3 heteroatoms. The van der Waals surface area contributed by atoms with Gasteiger partial charge in [-0.3, -0.25) is 0 Å². The molecule has 0 amide bonds. The maximum absolute atomic E-state index is 5.60. The molecule has 0 bridgehead atoms. The van der Waals surface area contributed by atoms with Crippen LogP contribution in [0.2, 0.25) is 0 Å². The second kappa shape index (κ2) is 3.18. The van der Waals surface area contributed by atoms with Crippen molar-refractivity contribution in [3.05, 3.63) is 36.4 Å². The number of aromatic nitrogens is 2. The average molecular weight is 175 g/mol. The number of nitrogens with two attached hydrogens (primary N) is 1. The molecule has 2 heterocycles. The third kappa shape index (κ3) is 1.42. The van der Waals surface area contributed by atoms with Crippen LogP contribution in [0.25, 0.3) is 5.52 Å². The molecule has 0 saturated heterocycles. The standard InChI is InChI=1S/C10H13N3/c1-8(5-11)9-2-3-13-7-12-6-10(13)4-9/h2-4,6-8H,5,11H2,1H3. The topological polar surface area (TPSA) is 43.3 Å². The molecule has 0 spiro atoms. The number of fused-ring (bicyclic) bond motifs is 1. The molecule has 1 unspecified atom stereocenters. The fraction of sp³-hybridized carbons (Fsp3) is 0.300. The average Bonchev–Trinajstić information content (AvgIpc) is 2.63. The quantitative estimate of drug-likeness (QED) is 0.749. The number of hydrogen-bond donors (Lipinski definition) is 1. The Labute approximate surface area is 77.2 Å². The first-order chi connectivity index (χ1) is 6.31. The number of rotatable bonds is 2. The first-order valence-corrected chi connectivity index (χ1v) is 4.43. The fourth-order valence-corrected chi connectivity index (χ4v) is 1.38.